The first kappa shape index (κ1) is 15.9. The molecule has 7 heteroatoms. The number of halogens is 1. The van der Waals surface area contributed by atoms with Gasteiger partial charge in [-0.3, -0.25) is 4.79 Å². The number of carbonyl (C=O) groups excluding carboxylic acids is 1. The number of nitrogens with two attached hydrogens (primary N) is 1. The van der Waals surface area contributed by atoms with Crippen molar-refractivity contribution in [1.29, 1.82) is 0 Å². The summed E-state index contributed by atoms with van der Waals surface area (Å²) in [5, 5.41) is 3.49. The zero-order valence-electron chi connectivity index (χ0n) is 12.5. The molecule has 1 fully saturated rings. The smallest absolute Gasteiger partial charge is 0.258 e. The summed E-state index contributed by atoms with van der Waals surface area (Å²) < 4.78 is 10.6. The molecule has 0 atom stereocenters. The van der Waals surface area contributed by atoms with Crippen LogP contribution in [0, 0.1) is 0 Å². The molecule has 0 saturated carbocycles. The van der Waals surface area contributed by atoms with Crippen LogP contribution < -0.4 is 16.0 Å². The van der Waals surface area contributed by atoms with Crippen LogP contribution >= 0.6 is 11.6 Å². The fourth-order valence-electron chi connectivity index (χ4n) is 2.53. The Balaban J connectivity index is 1.84. The van der Waals surface area contributed by atoms with Crippen LogP contribution in [0.2, 0.25) is 5.02 Å². The van der Waals surface area contributed by atoms with Crippen LogP contribution in [0.25, 0.3) is 0 Å². The zero-order chi connectivity index (χ0) is 16.2. The fraction of sp³-hybridized carbons (Fsp3) is 0.312. The maximum atomic E-state index is 12.4. The van der Waals surface area contributed by atoms with E-state index in [1.54, 1.807) is 6.07 Å². The van der Waals surface area contributed by atoms with E-state index in [4.69, 9.17) is 26.5 Å². The molecule has 2 aromatic rings. The topological polar surface area (TPSA) is 80.7 Å². The van der Waals surface area contributed by atoms with Crippen LogP contribution in [0.5, 0.6) is 0 Å². The van der Waals surface area contributed by atoms with Crippen LogP contribution in [0.15, 0.2) is 34.9 Å². The Morgan fingerprint density at radius 3 is 2.83 bits per heavy atom. The Hall–Kier alpha value is -2.02. The lowest BCUT2D eigenvalue weighted by Crippen LogP contribution is -2.37. The summed E-state index contributed by atoms with van der Waals surface area (Å²) in [6.07, 6.45) is 1.40. The van der Waals surface area contributed by atoms with E-state index in [9.17, 15) is 4.79 Å². The molecule has 0 aliphatic carbocycles. The normalized spacial score (nSPS) is 14.8. The maximum Gasteiger partial charge on any atom is 0.258 e. The second-order valence-electron chi connectivity index (χ2n) is 5.20. The van der Waals surface area contributed by atoms with Crippen molar-refractivity contribution in [2.75, 3.05) is 36.5 Å². The Bertz CT molecular complexity index is 696. The summed E-state index contributed by atoms with van der Waals surface area (Å²) in [6, 6.07) is 7.09. The van der Waals surface area contributed by atoms with Gasteiger partial charge in [-0.25, -0.2) is 0 Å². The number of nitrogens with zero attached hydrogens (tertiary/aromatic N) is 1. The summed E-state index contributed by atoms with van der Waals surface area (Å²) in [7, 11) is 0. The van der Waals surface area contributed by atoms with Gasteiger partial charge < -0.3 is 25.1 Å². The fourth-order valence-corrected chi connectivity index (χ4v) is 2.82. The second-order valence-corrected chi connectivity index (χ2v) is 5.60. The Morgan fingerprint density at radius 2 is 2.13 bits per heavy atom. The van der Waals surface area contributed by atoms with Crippen LogP contribution in [0.4, 0.5) is 11.4 Å². The summed E-state index contributed by atoms with van der Waals surface area (Å²) in [6.45, 7) is 3.00. The number of anilines is 2. The number of furan rings is 1. The van der Waals surface area contributed by atoms with E-state index in [1.165, 1.54) is 6.26 Å². The summed E-state index contributed by atoms with van der Waals surface area (Å²) >= 11 is 6.35. The molecule has 0 unspecified atom stereocenters. The Labute approximate surface area is 139 Å². The average molecular weight is 336 g/mol. The van der Waals surface area contributed by atoms with E-state index in [0.717, 1.165) is 18.8 Å². The minimum atomic E-state index is -0.259. The van der Waals surface area contributed by atoms with Crippen molar-refractivity contribution in [3.8, 4) is 0 Å². The number of ether oxygens (including phenoxy) is 1. The van der Waals surface area contributed by atoms with Gasteiger partial charge >= 0.3 is 0 Å². The first-order chi connectivity index (χ1) is 11.2. The van der Waals surface area contributed by atoms with E-state index in [2.05, 4.69) is 10.2 Å². The molecular weight excluding hydrogens is 318 g/mol. The molecule has 6 nitrogen and oxygen atoms in total. The molecular formula is C16H18ClN3O3. The lowest BCUT2D eigenvalue weighted by molar-refractivity contribution is 0.102. The van der Waals surface area contributed by atoms with E-state index < -0.39 is 0 Å². The number of benzene rings is 1. The van der Waals surface area contributed by atoms with Crippen molar-refractivity contribution in [1.82, 2.24) is 0 Å². The van der Waals surface area contributed by atoms with E-state index in [-0.39, 0.29) is 12.5 Å². The van der Waals surface area contributed by atoms with Crippen LogP contribution in [-0.2, 0) is 11.3 Å². The Morgan fingerprint density at radius 1 is 1.35 bits per heavy atom. The molecule has 0 spiro atoms. The summed E-state index contributed by atoms with van der Waals surface area (Å²) in [4.78, 5) is 14.5. The minimum Gasteiger partial charge on any atom is -0.467 e. The molecule has 0 radical (unpaired) electrons. The van der Waals surface area contributed by atoms with Crippen LogP contribution in [0.1, 0.15) is 16.1 Å². The molecule has 1 aromatic heterocycles. The predicted octanol–water partition coefficient (Wildman–Crippen LogP) is 2.48. The van der Waals surface area contributed by atoms with Gasteiger partial charge in [-0.2, -0.15) is 0 Å². The highest BCUT2D eigenvalue weighted by molar-refractivity contribution is 6.34. The van der Waals surface area contributed by atoms with Crippen molar-refractivity contribution >= 4 is 28.9 Å². The monoisotopic (exact) mass is 335 g/mol. The third-order valence-corrected chi connectivity index (χ3v) is 3.98. The van der Waals surface area contributed by atoms with Gasteiger partial charge in [-0.1, -0.05) is 17.7 Å². The third kappa shape index (κ3) is 3.50. The molecule has 122 valence electrons. The van der Waals surface area contributed by atoms with Gasteiger partial charge in [0.15, 0.2) is 0 Å². The molecule has 3 N–H and O–H groups in total. The molecule has 3 rings (SSSR count). The highest BCUT2D eigenvalue weighted by Crippen LogP contribution is 2.34. The minimum absolute atomic E-state index is 0.253. The van der Waals surface area contributed by atoms with Crippen molar-refractivity contribution in [2.24, 2.45) is 5.73 Å². The van der Waals surface area contributed by atoms with Crippen LogP contribution in [0.3, 0.4) is 0 Å². The quantitative estimate of drug-likeness (QED) is 0.897. The van der Waals surface area contributed by atoms with Crippen molar-refractivity contribution in [3.05, 3.63) is 46.9 Å². The first-order valence-corrected chi connectivity index (χ1v) is 7.77. The summed E-state index contributed by atoms with van der Waals surface area (Å²) in [5.74, 6) is 0.305. The third-order valence-electron chi connectivity index (χ3n) is 3.68. The van der Waals surface area contributed by atoms with E-state index in [0.29, 0.717) is 35.2 Å². The lowest BCUT2D eigenvalue weighted by atomic mass is 10.2. The molecule has 1 aromatic carbocycles. The standard InChI is InChI=1S/C16H18ClN3O3/c17-13-2-1-3-14(15(13)20-4-6-22-7-5-20)19-16(21)11-8-12(9-18)23-10-11/h1-3,8,10H,4-7,9,18H2,(H,19,21). The van der Waals surface area contributed by atoms with Gasteiger partial charge in [0.05, 0.1) is 41.7 Å². The van der Waals surface area contributed by atoms with Gasteiger partial charge in [0, 0.05) is 13.1 Å². The van der Waals surface area contributed by atoms with Crippen LogP contribution in [-0.4, -0.2) is 32.2 Å². The lowest BCUT2D eigenvalue weighted by Gasteiger charge is -2.31. The van der Waals surface area contributed by atoms with Gasteiger partial charge in [-0.15, -0.1) is 0 Å². The molecule has 1 aliphatic heterocycles. The second kappa shape index (κ2) is 7.04. The molecule has 1 aliphatic rings. The number of morpholine rings is 1. The van der Waals surface area contributed by atoms with Crippen molar-refractivity contribution in [2.45, 2.75) is 6.54 Å². The molecule has 23 heavy (non-hydrogen) atoms. The largest absolute Gasteiger partial charge is 0.467 e. The van der Waals surface area contributed by atoms with Gasteiger partial charge in [0.2, 0.25) is 0 Å². The number of hydrogen-bond acceptors (Lipinski definition) is 5. The van der Waals surface area contributed by atoms with E-state index in [1.807, 2.05) is 18.2 Å². The highest BCUT2D eigenvalue weighted by Gasteiger charge is 2.20. The molecule has 0 bridgehead atoms. The van der Waals surface area contributed by atoms with E-state index >= 15 is 0 Å². The van der Waals surface area contributed by atoms with Crippen molar-refractivity contribution < 1.29 is 13.9 Å². The predicted molar refractivity (Wildman–Crippen MR) is 89.0 cm³/mol. The SMILES string of the molecule is NCc1cc(C(=O)Nc2cccc(Cl)c2N2CCOCC2)co1. The molecule has 1 amide bonds. The summed E-state index contributed by atoms with van der Waals surface area (Å²) in [5.41, 5.74) is 7.40. The number of hydrogen-bond donors (Lipinski definition) is 2. The highest BCUT2D eigenvalue weighted by atomic mass is 35.5. The Kier molecular flexibility index (Phi) is 4.85. The number of amides is 1. The van der Waals surface area contributed by atoms with Gasteiger partial charge in [0.25, 0.3) is 5.91 Å². The van der Waals surface area contributed by atoms with Gasteiger partial charge in [0.1, 0.15) is 12.0 Å². The number of carbonyl (C=O) groups is 1. The number of nitrogens with one attached hydrogen (secondary N) is 1. The first-order valence-electron chi connectivity index (χ1n) is 7.39. The molecule has 2 heterocycles. The van der Waals surface area contributed by atoms with Crippen molar-refractivity contribution in [3.63, 3.8) is 0 Å². The zero-order valence-corrected chi connectivity index (χ0v) is 13.3. The molecule has 1 saturated heterocycles. The average Bonchev–Trinajstić information content (AvgIpc) is 3.05. The number of para-hydroxylation sites is 1. The van der Waals surface area contributed by atoms with Gasteiger partial charge in [-0.05, 0) is 18.2 Å². The maximum absolute atomic E-state index is 12.4. The number of rotatable bonds is 4.